The Hall–Kier alpha value is -3.56. The maximum atomic E-state index is 13.3. The fourth-order valence-corrected chi connectivity index (χ4v) is 5.22. The number of fused-ring (bicyclic) bond motifs is 1. The lowest BCUT2D eigenvalue weighted by Crippen LogP contribution is -2.35. The fraction of sp³-hybridized carbons (Fsp3) is 0.269. The number of amides is 1. The second kappa shape index (κ2) is 9.97. The standard InChI is InChI=1S/C26H28N2O6S/c1-17-13-20-6-5-18(14-23(20)28(17)26(29)19-7-9-21(32-2)10-8-19)16-27-35(30,31)22-11-12-24(33-3)25(15-22)34-4/h5-12,14-15,17,27H,13,16H2,1-4H3. The number of carbonyl (C=O) groups excluding carboxylic acids is 1. The Morgan fingerprint density at radius 2 is 1.66 bits per heavy atom. The molecule has 9 heteroatoms. The molecule has 0 bridgehead atoms. The molecule has 0 saturated carbocycles. The summed E-state index contributed by atoms with van der Waals surface area (Å²) in [7, 11) is 0.720. The number of rotatable bonds is 8. The van der Waals surface area contributed by atoms with Gasteiger partial charge in [0.15, 0.2) is 11.5 Å². The second-order valence-corrected chi connectivity index (χ2v) is 10.0. The highest BCUT2D eigenvalue weighted by atomic mass is 32.2. The van der Waals surface area contributed by atoms with Crippen molar-refractivity contribution in [2.24, 2.45) is 0 Å². The zero-order chi connectivity index (χ0) is 25.2. The van der Waals surface area contributed by atoms with Gasteiger partial charge in [-0.3, -0.25) is 4.79 Å². The van der Waals surface area contributed by atoms with Gasteiger partial charge in [0.1, 0.15) is 5.75 Å². The van der Waals surface area contributed by atoms with E-state index in [9.17, 15) is 13.2 Å². The van der Waals surface area contributed by atoms with Gasteiger partial charge in [-0.05, 0) is 66.9 Å². The minimum Gasteiger partial charge on any atom is -0.497 e. The third-order valence-electron chi connectivity index (χ3n) is 6.05. The van der Waals surface area contributed by atoms with Crippen molar-refractivity contribution in [1.29, 1.82) is 0 Å². The molecule has 1 N–H and O–H groups in total. The largest absolute Gasteiger partial charge is 0.497 e. The van der Waals surface area contributed by atoms with E-state index < -0.39 is 10.0 Å². The van der Waals surface area contributed by atoms with Gasteiger partial charge in [-0.25, -0.2) is 13.1 Å². The van der Waals surface area contributed by atoms with E-state index in [0.717, 1.165) is 23.2 Å². The van der Waals surface area contributed by atoms with Gasteiger partial charge in [-0.1, -0.05) is 12.1 Å². The fourth-order valence-electron chi connectivity index (χ4n) is 4.19. The highest BCUT2D eigenvalue weighted by Crippen LogP contribution is 2.35. The minimum absolute atomic E-state index is 0.0155. The highest BCUT2D eigenvalue weighted by molar-refractivity contribution is 7.89. The van der Waals surface area contributed by atoms with E-state index in [-0.39, 0.29) is 23.4 Å². The number of nitrogens with zero attached hydrogens (tertiary/aromatic N) is 1. The van der Waals surface area contributed by atoms with Crippen LogP contribution < -0.4 is 23.8 Å². The number of nitrogens with one attached hydrogen (secondary N) is 1. The number of hydrogen-bond donors (Lipinski definition) is 1. The van der Waals surface area contributed by atoms with Crippen LogP contribution in [0.2, 0.25) is 0 Å². The van der Waals surface area contributed by atoms with E-state index in [0.29, 0.717) is 22.8 Å². The molecule has 0 radical (unpaired) electrons. The van der Waals surface area contributed by atoms with Crippen molar-refractivity contribution >= 4 is 21.6 Å². The Morgan fingerprint density at radius 3 is 2.31 bits per heavy atom. The first kappa shape index (κ1) is 24.6. The van der Waals surface area contributed by atoms with E-state index in [4.69, 9.17) is 14.2 Å². The Bertz CT molecular complexity index is 1340. The van der Waals surface area contributed by atoms with Crippen molar-refractivity contribution in [1.82, 2.24) is 4.72 Å². The monoisotopic (exact) mass is 496 g/mol. The maximum Gasteiger partial charge on any atom is 0.258 e. The summed E-state index contributed by atoms with van der Waals surface area (Å²) in [4.78, 5) is 15.1. The van der Waals surface area contributed by atoms with Crippen molar-refractivity contribution in [3.05, 3.63) is 77.4 Å². The van der Waals surface area contributed by atoms with Gasteiger partial charge in [0.25, 0.3) is 5.91 Å². The Morgan fingerprint density at radius 1 is 0.943 bits per heavy atom. The van der Waals surface area contributed by atoms with Crippen molar-refractivity contribution < 1.29 is 27.4 Å². The molecule has 0 aromatic heterocycles. The van der Waals surface area contributed by atoms with E-state index >= 15 is 0 Å². The summed E-state index contributed by atoms with van der Waals surface area (Å²) in [5.74, 6) is 1.35. The first-order chi connectivity index (χ1) is 16.8. The normalized spacial score (nSPS) is 15.0. The predicted octanol–water partition coefficient (Wildman–Crippen LogP) is 3.78. The molecule has 1 amide bonds. The van der Waals surface area contributed by atoms with Crippen LogP contribution in [0.3, 0.4) is 0 Å². The maximum absolute atomic E-state index is 13.3. The zero-order valence-electron chi connectivity index (χ0n) is 20.1. The number of sulfonamides is 1. The lowest BCUT2D eigenvalue weighted by Gasteiger charge is -2.23. The van der Waals surface area contributed by atoms with Crippen LogP contribution in [0.5, 0.6) is 17.2 Å². The molecule has 1 atom stereocenters. The van der Waals surface area contributed by atoms with Gasteiger partial charge in [0.2, 0.25) is 10.0 Å². The lowest BCUT2D eigenvalue weighted by molar-refractivity contribution is 0.0981. The first-order valence-corrected chi connectivity index (χ1v) is 12.6. The van der Waals surface area contributed by atoms with Crippen LogP contribution in [-0.4, -0.2) is 41.7 Å². The minimum atomic E-state index is -3.80. The van der Waals surface area contributed by atoms with Gasteiger partial charge in [-0.2, -0.15) is 0 Å². The molecule has 0 aliphatic carbocycles. The molecule has 1 aliphatic heterocycles. The van der Waals surface area contributed by atoms with Gasteiger partial charge >= 0.3 is 0 Å². The van der Waals surface area contributed by atoms with E-state index in [2.05, 4.69) is 4.72 Å². The molecule has 4 rings (SSSR count). The molecule has 1 heterocycles. The third kappa shape index (κ3) is 4.96. The molecule has 3 aromatic rings. The van der Waals surface area contributed by atoms with Crippen molar-refractivity contribution in [2.45, 2.75) is 30.8 Å². The molecular formula is C26H28N2O6S. The summed E-state index contributed by atoms with van der Waals surface area (Å²) in [6.07, 6.45) is 0.731. The van der Waals surface area contributed by atoms with Crippen molar-refractivity contribution in [3.63, 3.8) is 0 Å². The van der Waals surface area contributed by atoms with Crippen LogP contribution in [0.4, 0.5) is 5.69 Å². The third-order valence-corrected chi connectivity index (χ3v) is 7.45. The molecule has 184 valence electrons. The number of anilines is 1. The molecule has 0 spiro atoms. The number of methoxy groups -OCH3 is 3. The van der Waals surface area contributed by atoms with Crippen molar-refractivity contribution in [3.8, 4) is 17.2 Å². The van der Waals surface area contributed by atoms with Gasteiger partial charge in [0, 0.05) is 29.9 Å². The van der Waals surface area contributed by atoms with Crippen LogP contribution in [0.1, 0.15) is 28.4 Å². The van der Waals surface area contributed by atoms with Gasteiger partial charge in [0.05, 0.1) is 26.2 Å². The van der Waals surface area contributed by atoms with E-state index in [1.807, 2.05) is 25.1 Å². The molecule has 1 aliphatic rings. The number of hydrogen-bond acceptors (Lipinski definition) is 6. The topological polar surface area (TPSA) is 94.2 Å². The van der Waals surface area contributed by atoms with Crippen molar-refractivity contribution in [2.75, 3.05) is 26.2 Å². The smallest absolute Gasteiger partial charge is 0.258 e. The van der Waals surface area contributed by atoms with Crippen LogP contribution in [-0.2, 0) is 23.0 Å². The zero-order valence-corrected chi connectivity index (χ0v) is 20.9. The number of ether oxygens (including phenoxy) is 3. The Labute approximate surface area is 205 Å². The SMILES string of the molecule is COc1ccc(C(=O)N2c3cc(CNS(=O)(=O)c4ccc(OC)c(OC)c4)ccc3CC2C)cc1. The summed E-state index contributed by atoms with van der Waals surface area (Å²) in [5.41, 5.74) is 3.14. The molecule has 35 heavy (non-hydrogen) atoms. The highest BCUT2D eigenvalue weighted by Gasteiger charge is 2.32. The Kier molecular flexibility index (Phi) is 7.00. The molecule has 3 aromatic carbocycles. The summed E-state index contributed by atoms with van der Waals surface area (Å²) < 4.78 is 44.0. The number of carbonyl (C=O) groups is 1. The Balaban J connectivity index is 1.54. The summed E-state index contributed by atoms with van der Waals surface area (Å²) in [5, 5.41) is 0. The quantitative estimate of drug-likeness (QED) is 0.510. The molecule has 0 fully saturated rings. The molecule has 1 unspecified atom stereocenters. The van der Waals surface area contributed by atoms with E-state index in [1.54, 1.807) is 42.3 Å². The molecular weight excluding hydrogens is 468 g/mol. The second-order valence-electron chi connectivity index (χ2n) is 8.26. The predicted molar refractivity (Wildman–Crippen MR) is 133 cm³/mol. The van der Waals surface area contributed by atoms with Gasteiger partial charge < -0.3 is 19.1 Å². The average Bonchev–Trinajstić information content (AvgIpc) is 3.21. The average molecular weight is 497 g/mol. The summed E-state index contributed by atoms with van der Waals surface area (Å²) in [6.45, 7) is 2.07. The lowest BCUT2D eigenvalue weighted by atomic mass is 10.1. The summed E-state index contributed by atoms with van der Waals surface area (Å²) in [6, 6.07) is 17.1. The van der Waals surface area contributed by atoms with Gasteiger partial charge in [-0.15, -0.1) is 0 Å². The van der Waals surface area contributed by atoms with Crippen LogP contribution in [0.15, 0.2) is 65.6 Å². The van der Waals surface area contributed by atoms with Crippen LogP contribution in [0.25, 0.3) is 0 Å². The summed E-state index contributed by atoms with van der Waals surface area (Å²) >= 11 is 0. The van der Waals surface area contributed by atoms with E-state index in [1.165, 1.54) is 26.4 Å². The first-order valence-electron chi connectivity index (χ1n) is 11.1. The van der Waals surface area contributed by atoms with Crippen LogP contribution >= 0.6 is 0 Å². The molecule has 0 saturated heterocycles. The van der Waals surface area contributed by atoms with Crippen LogP contribution in [0, 0.1) is 0 Å². The molecule has 8 nitrogen and oxygen atoms in total. The number of benzene rings is 3.